The third-order valence-corrected chi connectivity index (χ3v) is 5.29. The van der Waals surface area contributed by atoms with Crippen LogP contribution >= 0.6 is 11.8 Å². The van der Waals surface area contributed by atoms with Gasteiger partial charge in [0.05, 0.1) is 0 Å². The average molecular weight is 299 g/mol. The maximum atomic E-state index is 13.8. The molecule has 3 unspecified atom stereocenters. The molecule has 1 aliphatic carbocycles. The van der Waals surface area contributed by atoms with Crippen molar-refractivity contribution in [3.8, 4) is 0 Å². The highest BCUT2D eigenvalue weighted by molar-refractivity contribution is 8.00. The minimum absolute atomic E-state index is 0.366. The van der Waals surface area contributed by atoms with Gasteiger partial charge in [-0.05, 0) is 50.3 Å². The minimum atomic E-state index is -0.510. The van der Waals surface area contributed by atoms with Crippen molar-refractivity contribution < 1.29 is 8.78 Å². The Morgan fingerprint density at radius 3 is 2.80 bits per heavy atom. The van der Waals surface area contributed by atoms with Gasteiger partial charge in [-0.2, -0.15) is 0 Å². The summed E-state index contributed by atoms with van der Waals surface area (Å²) in [4.78, 5) is 0.564. The second-order valence-electron chi connectivity index (χ2n) is 5.71. The molecule has 1 fully saturated rings. The molecular weight excluding hydrogens is 276 g/mol. The van der Waals surface area contributed by atoms with Gasteiger partial charge in [-0.15, -0.1) is 11.8 Å². The Morgan fingerprint density at radius 1 is 1.30 bits per heavy atom. The molecule has 0 bridgehead atoms. The van der Waals surface area contributed by atoms with Crippen LogP contribution < -0.4 is 5.32 Å². The summed E-state index contributed by atoms with van der Waals surface area (Å²) in [6.45, 7) is 5.41. The topological polar surface area (TPSA) is 12.0 Å². The van der Waals surface area contributed by atoms with E-state index in [-0.39, 0.29) is 0 Å². The van der Waals surface area contributed by atoms with Gasteiger partial charge in [0.25, 0.3) is 0 Å². The van der Waals surface area contributed by atoms with Crippen molar-refractivity contribution in [2.45, 2.75) is 55.7 Å². The number of hydrogen-bond acceptors (Lipinski definition) is 2. The summed E-state index contributed by atoms with van der Waals surface area (Å²) in [6, 6.07) is 4.31. The van der Waals surface area contributed by atoms with E-state index in [4.69, 9.17) is 0 Å². The lowest BCUT2D eigenvalue weighted by molar-refractivity contribution is 0.317. The molecule has 0 aromatic heterocycles. The lowest BCUT2D eigenvalue weighted by Crippen LogP contribution is -2.42. The maximum Gasteiger partial charge on any atom is 0.139 e. The summed E-state index contributed by atoms with van der Waals surface area (Å²) < 4.78 is 26.8. The first-order valence-electron chi connectivity index (χ1n) is 7.45. The highest BCUT2D eigenvalue weighted by atomic mass is 32.2. The largest absolute Gasteiger partial charge is 0.313 e. The molecule has 112 valence electrons. The number of nitrogens with one attached hydrogen (secondary N) is 1. The Hall–Kier alpha value is -0.610. The molecule has 0 aliphatic heterocycles. The fourth-order valence-corrected chi connectivity index (χ4v) is 4.22. The van der Waals surface area contributed by atoms with Gasteiger partial charge >= 0.3 is 0 Å². The molecule has 1 nitrogen and oxygen atoms in total. The van der Waals surface area contributed by atoms with Crippen LogP contribution in [0.3, 0.4) is 0 Å². The summed E-state index contributed by atoms with van der Waals surface area (Å²) in [5.74, 6) is -0.275. The molecule has 2 rings (SSSR count). The third-order valence-electron chi connectivity index (χ3n) is 3.88. The number of benzene rings is 1. The molecule has 1 saturated carbocycles. The van der Waals surface area contributed by atoms with Crippen molar-refractivity contribution >= 4 is 11.8 Å². The van der Waals surface area contributed by atoms with Crippen LogP contribution in [0.15, 0.2) is 23.1 Å². The van der Waals surface area contributed by atoms with Gasteiger partial charge < -0.3 is 5.32 Å². The SMILES string of the molecule is CCCNC1CCC(C)CC1Sc1ccc(F)cc1F. The zero-order valence-corrected chi connectivity index (χ0v) is 13.0. The summed E-state index contributed by atoms with van der Waals surface area (Å²) in [5, 5.41) is 3.94. The van der Waals surface area contributed by atoms with Gasteiger partial charge in [-0.25, -0.2) is 8.78 Å². The van der Waals surface area contributed by atoms with E-state index in [1.54, 1.807) is 17.8 Å². The van der Waals surface area contributed by atoms with Crippen LogP contribution in [0, 0.1) is 17.6 Å². The van der Waals surface area contributed by atoms with E-state index in [2.05, 4.69) is 19.2 Å². The molecule has 1 aromatic carbocycles. The van der Waals surface area contributed by atoms with Crippen LogP contribution in [0.5, 0.6) is 0 Å². The van der Waals surface area contributed by atoms with Crippen LogP contribution in [0.25, 0.3) is 0 Å². The first kappa shape index (κ1) is 15.8. The molecule has 0 spiro atoms. The van der Waals surface area contributed by atoms with Gasteiger partial charge in [0.2, 0.25) is 0 Å². The molecule has 0 amide bonds. The van der Waals surface area contributed by atoms with Gasteiger partial charge in [0, 0.05) is 22.3 Å². The molecule has 0 radical (unpaired) electrons. The Bertz CT molecular complexity index is 436. The Morgan fingerprint density at radius 2 is 2.10 bits per heavy atom. The predicted octanol–water partition coefficient (Wildman–Crippen LogP) is 4.61. The molecular formula is C16H23F2NS. The molecule has 20 heavy (non-hydrogen) atoms. The Labute approximate surface area is 124 Å². The monoisotopic (exact) mass is 299 g/mol. The molecule has 1 N–H and O–H groups in total. The summed E-state index contributed by atoms with van der Waals surface area (Å²) >= 11 is 1.56. The lowest BCUT2D eigenvalue weighted by Gasteiger charge is -2.35. The standard InChI is InChI=1S/C16H23F2NS/c1-3-8-19-14-6-4-11(2)9-16(14)20-15-7-5-12(17)10-13(15)18/h5,7,10-11,14,16,19H,3-4,6,8-9H2,1-2H3. The normalized spacial score (nSPS) is 26.7. The Balaban J connectivity index is 2.06. The van der Waals surface area contributed by atoms with Gasteiger partial charge in [0.1, 0.15) is 11.6 Å². The Kier molecular flexibility index (Phi) is 5.85. The third kappa shape index (κ3) is 4.19. The quantitative estimate of drug-likeness (QED) is 0.852. The van der Waals surface area contributed by atoms with E-state index in [1.807, 2.05) is 0 Å². The summed E-state index contributed by atoms with van der Waals surface area (Å²) in [5.41, 5.74) is 0. The van der Waals surface area contributed by atoms with Crippen LogP contribution in [-0.2, 0) is 0 Å². The first-order chi connectivity index (χ1) is 9.60. The van der Waals surface area contributed by atoms with Gasteiger partial charge in [-0.1, -0.05) is 13.8 Å². The summed E-state index contributed by atoms with van der Waals surface area (Å²) in [6.07, 6.45) is 4.56. The van der Waals surface area contributed by atoms with Gasteiger partial charge in [-0.3, -0.25) is 0 Å². The molecule has 0 saturated heterocycles. The number of halogens is 2. The second kappa shape index (κ2) is 7.41. The zero-order chi connectivity index (χ0) is 14.5. The highest BCUT2D eigenvalue weighted by Crippen LogP contribution is 2.37. The minimum Gasteiger partial charge on any atom is -0.313 e. The van der Waals surface area contributed by atoms with E-state index in [0.717, 1.165) is 31.9 Å². The predicted molar refractivity (Wildman–Crippen MR) is 81.1 cm³/mol. The summed E-state index contributed by atoms with van der Waals surface area (Å²) in [7, 11) is 0. The van der Waals surface area contributed by atoms with Gasteiger partial charge in [0.15, 0.2) is 0 Å². The number of thioether (sulfide) groups is 1. The fraction of sp³-hybridized carbons (Fsp3) is 0.625. The van der Waals surface area contributed by atoms with Crippen molar-refractivity contribution in [1.82, 2.24) is 5.32 Å². The van der Waals surface area contributed by atoms with Crippen molar-refractivity contribution in [2.75, 3.05) is 6.54 Å². The van der Waals surface area contributed by atoms with E-state index < -0.39 is 11.6 Å². The van der Waals surface area contributed by atoms with Crippen LogP contribution in [0.2, 0.25) is 0 Å². The molecule has 1 aromatic rings. The van der Waals surface area contributed by atoms with Crippen molar-refractivity contribution in [3.05, 3.63) is 29.8 Å². The molecule has 4 heteroatoms. The van der Waals surface area contributed by atoms with E-state index in [1.165, 1.54) is 12.5 Å². The number of hydrogen-bond donors (Lipinski definition) is 1. The highest BCUT2D eigenvalue weighted by Gasteiger charge is 2.29. The first-order valence-corrected chi connectivity index (χ1v) is 8.33. The zero-order valence-electron chi connectivity index (χ0n) is 12.2. The van der Waals surface area contributed by atoms with Crippen LogP contribution in [0.1, 0.15) is 39.5 Å². The second-order valence-corrected chi connectivity index (χ2v) is 6.99. The lowest BCUT2D eigenvalue weighted by atomic mass is 9.87. The fourth-order valence-electron chi connectivity index (χ4n) is 2.76. The maximum absolute atomic E-state index is 13.8. The van der Waals surface area contributed by atoms with Crippen molar-refractivity contribution in [3.63, 3.8) is 0 Å². The molecule has 0 heterocycles. The average Bonchev–Trinajstić information content (AvgIpc) is 2.41. The number of rotatable bonds is 5. The van der Waals surface area contributed by atoms with E-state index in [9.17, 15) is 8.78 Å². The molecule has 1 aliphatic rings. The van der Waals surface area contributed by atoms with Crippen molar-refractivity contribution in [1.29, 1.82) is 0 Å². The van der Waals surface area contributed by atoms with E-state index in [0.29, 0.717) is 22.1 Å². The van der Waals surface area contributed by atoms with Crippen LogP contribution in [0.4, 0.5) is 8.78 Å². The van der Waals surface area contributed by atoms with Crippen LogP contribution in [-0.4, -0.2) is 17.8 Å². The van der Waals surface area contributed by atoms with Crippen molar-refractivity contribution in [2.24, 2.45) is 5.92 Å². The smallest absolute Gasteiger partial charge is 0.139 e. The molecule has 3 atom stereocenters. The van der Waals surface area contributed by atoms with E-state index >= 15 is 0 Å².